The molecule has 0 heterocycles. The molecule has 0 aromatic heterocycles. The third-order valence-corrected chi connectivity index (χ3v) is 3.65. The molecule has 90 valence electrons. The highest BCUT2D eigenvalue weighted by molar-refractivity contribution is 8.00. The van der Waals surface area contributed by atoms with Crippen LogP contribution in [0.15, 0.2) is 17.0 Å². The van der Waals surface area contributed by atoms with Crippen molar-refractivity contribution in [1.82, 2.24) is 0 Å². The number of hydrogen-bond acceptors (Lipinski definition) is 4. The van der Waals surface area contributed by atoms with Gasteiger partial charge in [0.2, 0.25) is 0 Å². The van der Waals surface area contributed by atoms with Gasteiger partial charge >= 0.3 is 0 Å². The van der Waals surface area contributed by atoms with E-state index in [0.29, 0.717) is 10.6 Å². The summed E-state index contributed by atoms with van der Waals surface area (Å²) in [6, 6.07) is 2.78. The Labute approximate surface area is 98.8 Å². The van der Waals surface area contributed by atoms with Crippen molar-refractivity contribution in [2.75, 3.05) is 12.8 Å². The van der Waals surface area contributed by atoms with E-state index in [0.717, 1.165) is 0 Å². The Morgan fingerprint density at radius 1 is 1.44 bits per heavy atom. The molecule has 0 amide bonds. The molecule has 0 spiro atoms. The maximum atomic E-state index is 13.3. The molecule has 3 nitrogen and oxygen atoms in total. The van der Waals surface area contributed by atoms with Crippen molar-refractivity contribution < 1.29 is 14.2 Å². The molecule has 0 radical (unpaired) electrons. The molecule has 1 aromatic carbocycles. The van der Waals surface area contributed by atoms with Crippen LogP contribution in [0.5, 0.6) is 5.75 Å². The van der Waals surface area contributed by atoms with Crippen molar-refractivity contribution in [3.8, 4) is 5.75 Å². The Hall–Kier alpha value is -0.940. The van der Waals surface area contributed by atoms with Gasteiger partial charge in [-0.3, -0.25) is 0 Å². The number of aliphatic hydroxyl groups excluding tert-OH is 1. The second-order valence-electron chi connectivity index (χ2n) is 3.59. The van der Waals surface area contributed by atoms with E-state index < -0.39 is 11.9 Å². The van der Waals surface area contributed by atoms with Gasteiger partial charge in [-0.25, -0.2) is 4.39 Å². The van der Waals surface area contributed by atoms with E-state index in [1.54, 1.807) is 13.0 Å². The van der Waals surface area contributed by atoms with Crippen molar-refractivity contribution in [3.05, 3.63) is 17.9 Å². The fourth-order valence-electron chi connectivity index (χ4n) is 1.11. The number of nitrogen functional groups attached to an aromatic ring is 1. The van der Waals surface area contributed by atoms with Crippen LogP contribution >= 0.6 is 11.8 Å². The fourth-order valence-corrected chi connectivity index (χ4v) is 2.07. The SMILES string of the molecule is COc1cc(SC(C)C(C)O)c(N)cc1F. The minimum absolute atomic E-state index is 0.0162. The highest BCUT2D eigenvalue weighted by Gasteiger charge is 2.15. The summed E-state index contributed by atoms with van der Waals surface area (Å²) >= 11 is 1.39. The molecular formula is C11H16FNO2S. The zero-order valence-electron chi connectivity index (χ0n) is 9.53. The third kappa shape index (κ3) is 3.02. The fraction of sp³-hybridized carbons (Fsp3) is 0.455. The summed E-state index contributed by atoms with van der Waals surface area (Å²) in [7, 11) is 1.40. The summed E-state index contributed by atoms with van der Waals surface area (Å²) < 4.78 is 18.1. The van der Waals surface area contributed by atoms with Gasteiger partial charge in [-0.2, -0.15) is 0 Å². The van der Waals surface area contributed by atoms with E-state index in [-0.39, 0.29) is 11.0 Å². The maximum Gasteiger partial charge on any atom is 0.167 e. The normalized spacial score (nSPS) is 14.6. The van der Waals surface area contributed by atoms with Crippen LogP contribution in [-0.2, 0) is 0 Å². The van der Waals surface area contributed by atoms with Gasteiger partial charge < -0.3 is 15.6 Å². The highest BCUT2D eigenvalue weighted by atomic mass is 32.2. The largest absolute Gasteiger partial charge is 0.494 e. The quantitative estimate of drug-likeness (QED) is 0.631. The van der Waals surface area contributed by atoms with Crippen LogP contribution in [-0.4, -0.2) is 23.6 Å². The predicted octanol–water partition coefficient (Wildman–Crippen LogP) is 2.28. The molecule has 2 atom stereocenters. The first kappa shape index (κ1) is 13.1. The smallest absolute Gasteiger partial charge is 0.167 e. The molecule has 16 heavy (non-hydrogen) atoms. The molecular weight excluding hydrogens is 229 g/mol. The van der Waals surface area contributed by atoms with Crippen molar-refractivity contribution in [2.45, 2.75) is 30.1 Å². The van der Waals surface area contributed by atoms with Crippen molar-refractivity contribution in [3.63, 3.8) is 0 Å². The van der Waals surface area contributed by atoms with E-state index in [4.69, 9.17) is 10.5 Å². The third-order valence-electron chi connectivity index (χ3n) is 2.28. The Balaban J connectivity index is 2.96. The lowest BCUT2D eigenvalue weighted by atomic mass is 10.3. The topological polar surface area (TPSA) is 55.5 Å². The number of methoxy groups -OCH3 is 1. The van der Waals surface area contributed by atoms with Crippen LogP contribution in [0.1, 0.15) is 13.8 Å². The summed E-state index contributed by atoms with van der Waals surface area (Å²) in [6.45, 7) is 3.58. The van der Waals surface area contributed by atoms with Gasteiger partial charge in [0.05, 0.1) is 13.2 Å². The number of benzene rings is 1. The highest BCUT2D eigenvalue weighted by Crippen LogP contribution is 2.34. The monoisotopic (exact) mass is 245 g/mol. The zero-order chi connectivity index (χ0) is 12.3. The van der Waals surface area contributed by atoms with Gasteiger partial charge in [-0.05, 0) is 13.0 Å². The number of thioether (sulfide) groups is 1. The van der Waals surface area contributed by atoms with Crippen molar-refractivity contribution in [1.29, 1.82) is 0 Å². The van der Waals surface area contributed by atoms with E-state index in [1.165, 1.54) is 24.9 Å². The van der Waals surface area contributed by atoms with Crippen LogP contribution < -0.4 is 10.5 Å². The molecule has 0 aliphatic carbocycles. The number of aliphatic hydroxyl groups is 1. The molecule has 1 rings (SSSR count). The zero-order valence-corrected chi connectivity index (χ0v) is 10.3. The van der Waals surface area contributed by atoms with E-state index >= 15 is 0 Å². The lowest BCUT2D eigenvalue weighted by Crippen LogP contribution is -2.15. The molecule has 0 bridgehead atoms. The average molecular weight is 245 g/mol. The van der Waals surface area contributed by atoms with Gasteiger partial charge in [0.25, 0.3) is 0 Å². The minimum atomic E-state index is -0.478. The first-order chi connectivity index (χ1) is 7.45. The van der Waals surface area contributed by atoms with Crippen LogP contribution in [0.25, 0.3) is 0 Å². The second kappa shape index (κ2) is 5.41. The molecule has 2 unspecified atom stereocenters. The maximum absolute atomic E-state index is 13.3. The van der Waals surface area contributed by atoms with E-state index in [2.05, 4.69) is 0 Å². The van der Waals surface area contributed by atoms with Crippen LogP contribution in [0.4, 0.5) is 10.1 Å². The molecule has 0 aliphatic heterocycles. The first-order valence-corrected chi connectivity index (χ1v) is 5.81. The summed E-state index contributed by atoms with van der Waals surface area (Å²) in [6.07, 6.45) is -0.458. The molecule has 0 saturated carbocycles. The number of ether oxygens (including phenoxy) is 1. The second-order valence-corrected chi connectivity index (χ2v) is 5.01. The Morgan fingerprint density at radius 2 is 2.06 bits per heavy atom. The van der Waals surface area contributed by atoms with Gasteiger partial charge in [-0.1, -0.05) is 6.92 Å². The molecule has 0 aliphatic rings. The Kier molecular flexibility index (Phi) is 4.44. The minimum Gasteiger partial charge on any atom is -0.494 e. The number of hydrogen-bond donors (Lipinski definition) is 2. The van der Waals surface area contributed by atoms with Crippen molar-refractivity contribution in [2.24, 2.45) is 0 Å². The number of rotatable bonds is 4. The average Bonchev–Trinajstić information content (AvgIpc) is 2.21. The lowest BCUT2D eigenvalue weighted by Gasteiger charge is -2.16. The van der Waals surface area contributed by atoms with Gasteiger partial charge in [0.15, 0.2) is 11.6 Å². The van der Waals surface area contributed by atoms with E-state index in [9.17, 15) is 9.50 Å². The summed E-state index contributed by atoms with van der Waals surface area (Å²) in [5.41, 5.74) is 6.05. The van der Waals surface area contributed by atoms with Gasteiger partial charge in [0.1, 0.15) is 0 Å². The number of halogens is 1. The Morgan fingerprint density at radius 3 is 2.56 bits per heavy atom. The van der Waals surface area contributed by atoms with Gasteiger partial charge in [0, 0.05) is 21.9 Å². The van der Waals surface area contributed by atoms with Crippen molar-refractivity contribution >= 4 is 17.4 Å². The van der Waals surface area contributed by atoms with Crippen LogP contribution in [0, 0.1) is 5.82 Å². The van der Waals surface area contributed by atoms with E-state index in [1.807, 2.05) is 6.92 Å². The molecule has 0 saturated heterocycles. The number of nitrogens with two attached hydrogens (primary N) is 1. The molecule has 0 fully saturated rings. The predicted molar refractivity (Wildman–Crippen MR) is 64.4 cm³/mol. The molecule has 5 heteroatoms. The van der Waals surface area contributed by atoms with Crippen LogP contribution in [0.3, 0.4) is 0 Å². The summed E-state index contributed by atoms with van der Waals surface area (Å²) in [5, 5.41) is 9.37. The molecule has 1 aromatic rings. The van der Waals surface area contributed by atoms with Crippen LogP contribution in [0.2, 0.25) is 0 Å². The first-order valence-electron chi connectivity index (χ1n) is 4.93. The standard InChI is InChI=1S/C11H16FNO2S/c1-6(14)7(2)16-11-5-10(15-3)8(12)4-9(11)13/h4-7,14H,13H2,1-3H3. The lowest BCUT2D eigenvalue weighted by molar-refractivity contribution is 0.196. The Bertz CT molecular complexity index is 371. The summed E-state index contributed by atoms with van der Waals surface area (Å²) in [4.78, 5) is 0.714. The van der Waals surface area contributed by atoms with Gasteiger partial charge in [-0.15, -0.1) is 11.8 Å². The molecule has 3 N–H and O–H groups in total. The summed E-state index contributed by atoms with van der Waals surface area (Å²) in [5.74, 6) is -0.316. The number of anilines is 1.